The monoisotopic (exact) mass is 244 g/mol. The molecule has 0 aliphatic heterocycles. The van der Waals surface area contributed by atoms with Crippen LogP contribution in [0.5, 0.6) is 5.75 Å². The molecule has 0 unspecified atom stereocenters. The van der Waals surface area contributed by atoms with E-state index in [1.54, 1.807) is 10.9 Å². The van der Waals surface area contributed by atoms with Gasteiger partial charge in [-0.1, -0.05) is 13.8 Å². The number of ether oxygens (including phenoxy) is 1. The Morgan fingerprint density at radius 2 is 1.89 bits per heavy atom. The largest absolute Gasteiger partial charge is 0.493 e. The minimum Gasteiger partial charge on any atom is -0.493 e. The van der Waals surface area contributed by atoms with Crippen molar-refractivity contribution >= 4 is 6.21 Å². The standard InChI is InChI=1S/C13H16N4O/c1-11(2)8-18-13-5-3-12(4-6-13)7-16-17-9-14-15-10-17/h3-7,9-11H,8H2,1-2H3/b16-7+. The molecule has 1 aromatic carbocycles. The average molecular weight is 244 g/mol. The van der Waals surface area contributed by atoms with E-state index in [1.807, 2.05) is 24.3 Å². The molecule has 0 aliphatic rings. The first-order chi connectivity index (χ1) is 8.74. The van der Waals surface area contributed by atoms with E-state index < -0.39 is 0 Å². The third kappa shape index (κ3) is 3.69. The molecule has 1 heterocycles. The maximum Gasteiger partial charge on any atom is 0.141 e. The van der Waals surface area contributed by atoms with E-state index in [9.17, 15) is 0 Å². The number of hydrogen-bond acceptors (Lipinski definition) is 4. The summed E-state index contributed by atoms with van der Waals surface area (Å²) in [4.78, 5) is 0. The van der Waals surface area contributed by atoms with E-state index in [1.165, 1.54) is 12.7 Å². The van der Waals surface area contributed by atoms with Gasteiger partial charge in [0.15, 0.2) is 0 Å². The molecule has 94 valence electrons. The Bertz CT molecular complexity index is 488. The fraction of sp³-hybridized carbons (Fsp3) is 0.308. The van der Waals surface area contributed by atoms with Crippen LogP contribution in [0.1, 0.15) is 19.4 Å². The molecule has 0 atom stereocenters. The van der Waals surface area contributed by atoms with Gasteiger partial charge in [-0.15, -0.1) is 10.2 Å². The van der Waals surface area contributed by atoms with Crippen molar-refractivity contribution in [3.05, 3.63) is 42.5 Å². The molecule has 0 saturated heterocycles. The van der Waals surface area contributed by atoms with Crippen molar-refractivity contribution in [3.8, 4) is 5.75 Å². The molecular weight excluding hydrogens is 228 g/mol. The zero-order valence-corrected chi connectivity index (χ0v) is 10.5. The van der Waals surface area contributed by atoms with Gasteiger partial charge in [0.05, 0.1) is 12.8 Å². The lowest BCUT2D eigenvalue weighted by molar-refractivity contribution is 0.271. The zero-order chi connectivity index (χ0) is 12.8. The average Bonchev–Trinajstić information content (AvgIpc) is 2.88. The summed E-state index contributed by atoms with van der Waals surface area (Å²) in [6.07, 6.45) is 4.82. The molecule has 0 aliphatic carbocycles. The highest BCUT2D eigenvalue weighted by atomic mass is 16.5. The maximum atomic E-state index is 5.60. The van der Waals surface area contributed by atoms with Gasteiger partial charge in [-0.25, -0.2) is 4.68 Å². The van der Waals surface area contributed by atoms with E-state index in [0.717, 1.165) is 17.9 Å². The van der Waals surface area contributed by atoms with Crippen molar-refractivity contribution in [2.45, 2.75) is 13.8 Å². The normalized spacial score (nSPS) is 11.3. The molecule has 0 fully saturated rings. The summed E-state index contributed by atoms with van der Waals surface area (Å²) in [6, 6.07) is 7.80. The Labute approximate surface area is 106 Å². The first-order valence-electron chi connectivity index (χ1n) is 5.86. The predicted molar refractivity (Wildman–Crippen MR) is 69.8 cm³/mol. The van der Waals surface area contributed by atoms with Crippen LogP contribution in [0.3, 0.4) is 0 Å². The van der Waals surface area contributed by atoms with Crippen molar-refractivity contribution in [2.24, 2.45) is 11.0 Å². The molecule has 2 rings (SSSR count). The van der Waals surface area contributed by atoms with Gasteiger partial charge >= 0.3 is 0 Å². The van der Waals surface area contributed by atoms with Crippen LogP contribution < -0.4 is 4.74 Å². The van der Waals surface area contributed by atoms with Crippen molar-refractivity contribution < 1.29 is 4.74 Å². The molecule has 1 aromatic heterocycles. The van der Waals surface area contributed by atoms with Gasteiger partial charge < -0.3 is 4.74 Å². The second kappa shape index (κ2) is 5.95. The van der Waals surface area contributed by atoms with E-state index in [4.69, 9.17) is 4.74 Å². The highest BCUT2D eigenvalue weighted by Crippen LogP contribution is 2.12. The van der Waals surface area contributed by atoms with Crippen LogP contribution in [-0.2, 0) is 0 Å². The molecule has 0 N–H and O–H groups in total. The van der Waals surface area contributed by atoms with Gasteiger partial charge in [-0.2, -0.15) is 5.10 Å². The molecule has 2 aromatic rings. The number of benzene rings is 1. The summed E-state index contributed by atoms with van der Waals surface area (Å²) in [5.74, 6) is 1.41. The van der Waals surface area contributed by atoms with Gasteiger partial charge in [-0.05, 0) is 35.7 Å². The van der Waals surface area contributed by atoms with Crippen LogP contribution >= 0.6 is 0 Å². The molecule has 18 heavy (non-hydrogen) atoms. The Hall–Kier alpha value is -2.17. The van der Waals surface area contributed by atoms with Gasteiger partial charge in [0.25, 0.3) is 0 Å². The lowest BCUT2D eigenvalue weighted by atomic mass is 10.2. The summed E-state index contributed by atoms with van der Waals surface area (Å²) in [5, 5.41) is 11.5. The van der Waals surface area contributed by atoms with Crippen molar-refractivity contribution in [2.75, 3.05) is 6.61 Å². The van der Waals surface area contributed by atoms with Crippen LogP contribution in [0, 0.1) is 5.92 Å². The molecule has 0 saturated carbocycles. The fourth-order valence-corrected chi connectivity index (χ4v) is 1.30. The number of rotatable bonds is 5. The number of nitrogens with zero attached hydrogens (tertiary/aromatic N) is 4. The first-order valence-corrected chi connectivity index (χ1v) is 5.86. The Balaban J connectivity index is 1.95. The van der Waals surface area contributed by atoms with Crippen molar-refractivity contribution in [1.29, 1.82) is 0 Å². The highest BCUT2D eigenvalue weighted by molar-refractivity contribution is 5.79. The predicted octanol–water partition coefficient (Wildman–Crippen LogP) is 2.20. The quantitative estimate of drug-likeness (QED) is 0.758. The minimum atomic E-state index is 0.528. The van der Waals surface area contributed by atoms with E-state index in [0.29, 0.717) is 5.92 Å². The van der Waals surface area contributed by atoms with Crippen LogP contribution in [0.4, 0.5) is 0 Å². The molecule has 5 nitrogen and oxygen atoms in total. The summed E-state index contributed by atoms with van der Waals surface area (Å²) in [7, 11) is 0. The third-order valence-electron chi connectivity index (χ3n) is 2.21. The van der Waals surface area contributed by atoms with Crippen LogP contribution in [0.2, 0.25) is 0 Å². The summed E-state index contributed by atoms with van der Waals surface area (Å²) in [5.41, 5.74) is 1.00. The fourth-order valence-electron chi connectivity index (χ4n) is 1.30. The van der Waals surface area contributed by atoms with E-state index >= 15 is 0 Å². The molecule has 5 heteroatoms. The Kier molecular flexibility index (Phi) is 4.06. The smallest absolute Gasteiger partial charge is 0.141 e. The zero-order valence-electron chi connectivity index (χ0n) is 10.5. The molecule has 0 amide bonds. The number of aromatic nitrogens is 3. The second-order valence-corrected chi connectivity index (χ2v) is 4.36. The topological polar surface area (TPSA) is 52.3 Å². The van der Waals surface area contributed by atoms with Gasteiger partial charge in [0.1, 0.15) is 18.4 Å². The minimum absolute atomic E-state index is 0.528. The maximum absolute atomic E-state index is 5.60. The Morgan fingerprint density at radius 1 is 1.22 bits per heavy atom. The van der Waals surface area contributed by atoms with Gasteiger partial charge in [0.2, 0.25) is 0 Å². The van der Waals surface area contributed by atoms with E-state index in [2.05, 4.69) is 29.1 Å². The highest BCUT2D eigenvalue weighted by Gasteiger charge is 1.96. The SMILES string of the molecule is CC(C)COc1ccc(/C=N/n2cnnc2)cc1. The van der Waals surface area contributed by atoms with Gasteiger partial charge in [0, 0.05) is 0 Å². The van der Waals surface area contributed by atoms with Crippen molar-refractivity contribution in [3.63, 3.8) is 0 Å². The third-order valence-corrected chi connectivity index (χ3v) is 2.21. The van der Waals surface area contributed by atoms with Crippen LogP contribution in [0.25, 0.3) is 0 Å². The van der Waals surface area contributed by atoms with E-state index in [-0.39, 0.29) is 0 Å². The molecule has 0 bridgehead atoms. The van der Waals surface area contributed by atoms with Crippen LogP contribution in [-0.4, -0.2) is 27.7 Å². The first kappa shape index (κ1) is 12.3. The second-order valence-electron chi connectivity index (χ2n) is 4.36. The number of hydrogen-bond donors (Lipinski definition) is 0. The summed E-state index contributed by atoms with van der Waals surface area (Å²) >= 11 is 0. The lowest BCUT2D eigenvalue weighted by Crippen LogP contribution is -2.04. The molecule has 0 radical (unpaired) electrons. The van der Waals surface area contributed by atoms with Gasteiger partial charge in [-0.3, -0.25) is 0 Å². The molecule has 0 spiro atoms. The molecular formula is C13H16N4O. The Morgan fingerprint density at radius 3 is 2.50 bits per heavy atom. The van der Waals surface area contributed by atoms with Crippen LogP contribution in [0.15, 0.2) is 42.0 Å². The summed E-state index contributed by atoms with van der Waals surface area (Å²) in [6.45, 7) is 4.98. The lowest BCUT2D eigenvalue weighted by Gasteiger charge is -2.08. The summed E-state index contributed by atoms with van der Waals surface area (Å²) < 4.78 is 7.15. The van der Waals surface area contributed by atoms with Crippen molar-refractivity contribution in [1.82, 2.24) is 14.9 Å².